The number of hydrogen-bond acceptors (Lipinski definition) is 3. The fourth-order valence-electron chi connectivity index (χ4n) is 0.953. The Hall–Kier alpha value is -0.650. The monoisotopic (exact) mass is 234 g/mol. The summed E-state index contributed by atoms with van der Waals surface area (Å²) in [6.45, 7) is 3.78. The van der Waals surface area contributed by atoms with E-state index in [1.165, 1.54) is 12.3 Å². The van der Waals surface area contributed by atoms with E-state index >= 15 is 0 Å². The molecule has 0 saturated heterocycles. The van der Waals surface area contributed by atoms with E-state index in [4.69, 9.17) is 11.6 Å². The van der Waals surface area contributed by atoms with Crippen LogP contribution in [0.15, 0.2) is 17.2 Å². The van der Waals surface area contributed by atoms with Gasteiger partial charge in [-0.2, -0.15) is 0 Å². The van der Waals surface area contributed by atoms with Gasteiger partial charge in [0.1, 0.15) is 10.0 Å². The molecule has 0 unspecified atom stereocenters. The molecular weight excluding hydrogens is 224 g/mol. The van der Waals surface area contributed by atoms with Gasteiger partial charge in [-0.3, -0.25) is 0 Å². The lowest BCUT2D eigenvalue weighted by molar-refractivity contribution is 0.583. The minimum Gasteiger partial charge on any atom is -0.243 e. The molecule has 6 heteroatoms. The van der Waals surface area contributed by atoms with Gasteiger partial charge in [0.25, 0.3) is 0 Å². The number of sulfonamides is 1. The molecule has 0 spiro atoms. The van der Waals surface area contributed by atoms with Gasteiger partial charge < -0.3 is 0 Å². The van der Waals surface area contributed by atoms with Crippen LogP contribution in [0.25, 0.3) is 0 Å². The van der Waals surface area contributed by atoms with E-state index in [2.05, 4.69) is 9.71 Å². The fourth-order valence-corrected chi connectivity index (χ4v) is 2.13. The van der Waals surface area contributed by atoms with Crippen LogP contribution in [0.3, 0.4) is 0 Å². The maximum absolute atomic E-state index is 11.5. The number of halogens is 1. The molecule has 1 heterocycles. The van der Waals surface area contributed by atoms with Gasteiger partial charge in [0.2, 0.25) is 10.0 Å². The largest absolute Gasteiger partial charge is 0.243 e. The number of hydrogen-bond donors (Lipinski definition) is 1. The molecular formula is C8H11ClN2O2S. The number of nitrogens with zero attached hydrogens (tertiary/aromatic N) is 1. The molecule has 0 atom stereocenters. The van der Waals surface area contributed by atoms with Crippen LogP contribution in [0, 0.1) is 6.92 Å². The number of rotatable bonds is 3. The molecule has 78 valence electrons. The Balaban J connectivity index is 3.15. The van der Waals surface area contributed by atoms with Gasteiger partial charge in [-0.15, -0.1) is 0 Å². The Labute approximate surface area is 88.4 Å². The number of pyridine rings is 1. The van der Waals surface area contributed by atoms with E-state index in [-0.39, 0.29) is 4.90 Å². The Morgan fingerprint density at radius 3 is 2.71 bits per heavy atom. The maximum Gasteiger partial charge on any atom is 0.242 e. The van der Waals surface area contributed by atoms with E-state index < -0.39 is 10.0 Å². The average Bonchev–Trinajstić information content (AvgIpc) is 2.09. The molecule has 1 N–H and O–H groups in total. The molecule has 1 aromatic rings. The number of aryl methyl sites for hydroxylation is 1. The van der Waals surface area contributed by atoms with Crippen molar-refractivity contribution in [3.63, 3.8) is 0 Å². The Kier molecular flexibility index (Phi) is 3.47. The van der Waals surface area contributed by atoms with E-state index in [1.807, 2.05) is 0 Å². The molecule has 0 radical (unpaired) electrons. The molecule has 0 amide bonds. The second-order valence-electron chi connectivity index (χ2n) is 2.78. The summed E-state index contributed by atoms with van der Waals surface area (Å²) in [7, 11) is -3.42. The summed E-state index contributed by atoms with van der Waals surface area (Å²) >= 11 is 5.68. The molecule has 0 aliphatic heterocycles. The minimum atomic E-state index is -3.42. The van der Waals surface area contributed by atoms with Crippen molar-refractivity contribution >= 4 is 21.6 Å². The third-order valence-corrected chi connectivity index (χ3v) is 3.54. The van der Waals surface area contributed by atoms with Crippen molar-refractivity contribution in [3.05, 3.63) is 23.0 Å². The van der Waals surface area contributed by atoms with Crippen molar-refractivity contribution in [2.24, 2.45) is 0 Å². The second kappa shape index (κ2) is 4.25. The van der Waals surface area contributed by atoms with Crippen molar-refractivity contribution in [2.75, 3.05) is 6.54 Å². The molecule has 4 nitrogen and oxygen atoms in total. The standard InChI is InChI=1S/C8H11ClN2O2S/c1-3-11-14(12,13)7-4-6(2)8(9)10-5-7/h4-5,11H,3H2,1-2H3. The highest BCUT2D eigenvalue weighted by molar-refractivity contribution is 7.89. The molecule has 0 aromatic carbocycles. The summed E-state index contributed by atoms with van der Waals surface area (Å²) in [5.74, 6) is 0. The van der Waals surface area contributed by atoms with Crippen LogP contribution in [-0.4, -0.2) is 19.9 Å². The molecule has 0 fully saturated rings. The van der Waals surface area contributed by atoms with Gasteiger partial charge in [0, 0.05) is 12.7 Å². The minimum absolute atomic E-state index is 0.140. The van der Waals surface area contributed by atoms with E-state index in [0.29, 0.717) is 17.3 Å². The molecule has 1 rings (SSSR count). The van der Waals surface area contributed by atoms with Gasteiger partial charge in [-0.1, -0.05) is 18.5 Å². The zero-order chi connectivity index (χ0) is 10.8. The number of aromatic nitrogens is 1. The van der Waals surface area contributed by atoms with Gasteiger partial charge in [-0.05, 0) is 18.6 Å². The van der Waals surface area contributed by atoms with Gasteiger partial charge in [0.05, 0.1) is 0 Å². The first kappa shape index (κ1) is 11.4. The SMILES string of the molecule is CCNS(=O)(=O)c1cnc(Cl)c(C)c1. The molecule has 0 bridgehead atoms. The van der Waals surface area contributed by atoms with Crippen LogP contribution >= 0.6 is 11.6 Å². The van der Waals surface area contributed by atoms with Gasteiger partial charge in [0.15, 0.2) is 0 Å². The lowest BCUT2D eigenvalue weighted by Crippen LogP contribution is -2.23. The third kappa shape index (κ3) is 2.43. The van der Waals surface area contributed by atoms with Crippen molar-refractivity contribution in [1.82, 2.24) is 9.71 Å². The molecule has 14 heavy (non-hydrogen) atoms. The summed E-state index contributed by atoms with van der Waals surface area (Å²) in [6, 6.07) is 1.49. The highest BCUT2D eigenvalue weighted by Gasteiger charge is 2.13. The summed E-state index contributed by atoms with van der Waals surface area (Å²) in [5.41, 5.74) is 0.644. The first-order valence-electron chi connectivity index (χ1n) is 4.09. The average molecular weight is 235 g/mol. The predicted octanol–water partition coefficient (Wildman–Crippen LogP) is 1.34. The van der Waals surface area contributed by atoms with Crippen LogP contribution in [-0.2, 0) is 10.0 Å². The summed E-state index contributed by atoms with van der Waals surface area (Å²) in [6.07, 6.45) is 1.24. The van der Waals surface area contributed by atoms with Crippen LogP contribution in [0.5, 0.6) is 0 Å². The second-order valence-corrected chi connectivity index (χ2v) is 4.91. The van der Waals surface area contributed by atoms with Crippen LogP contribution in [0.4, 0.5) is 0 Å². The zero-order valence-electron chi connectivity index (χ0n) is 7.91. The van der Waals surface area contributed by atoms with Crippen LogP contribution in [0.1, 0.15) is 12.5 Å². The predicted molar refractivity (Wildman–Crippen MR) is 54.8 cm³/mol. The summed E-state index contributed by atoms with van der Waals surface area (Å²) in [4.78, 5) is 3.91. The molecule has 0 aliphatic rings. The summed E-state index contributed by atoms with van der Waals surface area (Å²) < 4.78 is 25.4. The highest BCUT2D eigenvalue weighted by Crippen LogP contribution is 2.15. The smallest absolute Gasteiger partial charge is 0.242 e. The van der Waals surface area contributed by atoms with Gasteiger partial charge in [-0.25, -0.2) is 18.1 Å². The Morgan fingerprint density at radius 1 is 1.57 bits per heavy atom. The lowest BCUT2D eigenvalue weighted by atomic mass is 10.3. The quantitative estimate of drug-likeness (QED) is 0.803. The van der Waals surface area contributed by atoms with Crippen molar-refractivity contribution in [1.29, 1.82) is 0 Å². The Morgan fingerprint density at radius 2 is 2.21 bits per heavy atom. The lowest BCUT2D eigenvalue weighted by Gasteiger charge is -2.05. The van der Waals surface area contributed by atoms with Crippen LogP contribution < -0.4 is 4.72 Å². The normalized spacial score (nSPS) is 11.6. The topological polar surface area (TPSA) is 59.1 Å². The molecule has 0 saturated carbocycles. The number of nitrogens with one attached hydrogen (secondary N) is 1. The molecule has 1 aromatic heterocycles. The highest BCUT2D eigenvalue weighted by atomic mass is 35.5. The van der Waals surface area contributed by atoms with Gasteiger partial charge >= 0.3 is 0 Å². The van der Waals surface area contributed by atoms with Crippen LogP contribution in [0.2, 0.25) is 5.15 Å². The van der Waals surface area contributed by atoms with E-state index in [9.17, 15) is 8.42 Å². The van der Waals surface area contributed by atoms with E-state index in [0.717, 1.165) is 0 Å². The first-order valence-corrected chi connectivity index (χ1v) is 5.95. The zero-order valence-corrected chi connectivity index (χ0v) is 9.48. The Bertz CT molecular complexity index is 431. The maximum atomic E-state index is 11.5. The molecule has 0 aliphatic carbocycles. The fraction of sp³-hybridized carbons (Fsp3) is 0.375. The van der Waals surface area contributed by atoms with Crippen molar-refractivity contribution < 1.29 is 8.42 Å². The first-order chi connectivity index (χ1) is 6.47. The third-order valence-electron chi connectivity index (χ3n) is 1.63. The van der Waals surface area contributed by atoms with Crippen molar-refractivity contribution in [2.45, 2.75) is 18.7 Å². The van der Waals surface area contributed by atoms with Crippen molar-refractivity contribution in [3.8, 4) is 0 Å². The summed E-state index contributed by atoms with van der Waals surface area (Å²) in [5, 5.41) is 0.320. The van der Waals surface area contributed by atoms with E-state index in [1.54, 1.807) is 13.8 Å².